The normalized spacial score (nSPS) is 22.3. The van der Waals surface area contributed by atoms with Crippen molar-refractivity contribution < 1.29 is 13.9 Å². The van der Waals surface area contributed by atoms with Crippen LogP contribution in [0.15, 0.2) is 18.2 Å². The SMILES string of the molecule is Cc1ccc(F)c(CN[C@H]2CC(=O)N(CCN3CCOCC3)C2)c1. The standard InChI is InChI=1S/C18H26FN3O2/c1-14-2-3-17(19)15(10-14)12-20-16-11-18(23)22(13-16)5-4-21-6-8-24-9-7-21/h2-3,10,16,20H,4-9,11-13H2,1H3/t16-/m0/s1. The molecule has 0 radical (unpaired) electrons. The van der Waals surface area contributed by atoms with Crippen LogP contribution in [0.5, 0.6) is 0 Å². The van der Waals surface area contributed by atoms with Crippen LogP contribution >= 0.6 is 0 Å². The van der Waals surface area contributed by atoms with Crippen LogP contribution in [0.4, 0.5) is 4.39 Å². The highest BCUT2D eigenvalue weighted by atomic mass is 19.1. The van der Waals surface area contributed by atoms with Crippen LogP contribution in [-0.2, 0) is 16.1 Å². The maximum atomic E-state index is 13.8. The number of ether oxygens (including phenoxy) is 1. The van der Waals surface area contributed by atoms with Crippen LogP contribution in [0, 0.1) is 12.7 Å². The third-order valence-electron chi connectivity index (χ3n) is 4.79. The molecule has 0 bridgehead atoms. The first-order chi connectivity index (χ1) is 11.6. The summed E-state index contributed by atoms with van der Waals surface area (Å²) in [6, 6.07) is 5.23. The lowest BCUT2D eigenvalue weighted by molar-refractivity contribution is -0.128. The molecule has 1 atom stereocenters. The number of carbonyl (C=O) groups is 1. The van der Waals surface area contributed by atoms with E-state index in [1.807, 2.05) is 17.9 Å². The molecular formula is C18H26FN3O2. The van der Waals surface area contributed by atoms with Crippen LogP contribution in [0.2, 0.25) is 0 Å². The molecule has 1 N–H and O–H groups in total. The summed E-state index contributed by atoms with van der Waals surface area (Å²) in [7, 11) is 0. The van der Waals surface area contributed by atoms with Gasteiger partial charge < -0.3 is 15.0 Å². The highest BCUT2D eigenvalue weighted by molar-refractivity contribution is 5.79. The van der Waals surface area contributed by atoms with Gasteiger partial charge >= 0.3 is 0 Å². The van der Waals surface area contributed by atoms with Crippen molar-refractivity contribution in [3.05, 3.63) is 35.1 Å². The number of hydrogen-bond donors (Lipinski definition) is 1. The fourth-order valence-corrected chi connectivity index (χ4v) is 3.31. The Hall–Kier alpha value is -1.50. The molecule has 2 aliphatic rings. The Balaban J connectivity index is 1.45. The zero-order chi connectivity index (χ0) is 16.9. The third kappa shape index (κ3) is 4.53. The van der Waals surface area contributed by atoms with Gasteiger partial charge in [-0.1, -0.05) is 17.7 Å². The van der Waals surface area contributed by atoms with Gasteiger partial charge in [0.15, 0.2) is 0 Å². The molecule has 0 aromatic heterocycles. The number of likely N-dealkylation sites (tertiary alicyclic amines) is 1. The smallest absolute Gasteiger partial charge is 0.224 e. The molecule has 132 valence electrons. The van der Waals surface area contributed by atoms with Gasteiger partial charge in [-0.05, 0) is 13.0 Å². The monoisotopic (exact) mass is 335 g/mol. The summed E-state index contributed by atoms with van der Waals surface area (Å²) in [4.78, 5) is 16.4. The Morgan fingerprint density at radius 2 is 2.08 bits per heavy atom. The number of amides is 1. The fourth-order valence-electron chi connectivity index (χ4n) is 3.31. The number of morpholine rings is 1. The molecule has 1 amide bonds. The van der Waals surface area contributed by atoms with E-state index in [9.17, 15) is 9.18 Å². The van der Waals surface area contributed by atoms with Crippen molar-refractivity contribution in [1.82, 2.24) is 15.1 Å². The van der Waals surface area contributed by atoms with Gasteiger partial charge in [0.05, 0.1) is 13.2 Å². The minimum Gasteiger partial charge on any atom is -0.379 e. The minimum absolute atomic E-state index is 0.0992. The van der Waals surface area contributed by atoms with E-state index in [1.54, 1.807) is 6.07 Å². The van der Waals surface area contributed by atoms with E-state index in [4.69, 9.17) is 4.74 Å². The molecule has 0 saturated carbocycles. The molecule has 3 rings (SSSR count). The summed E-state index contributed by atoms with van der Waals surface area (Å²) in [6.45, 7) is 8.21. The Bertz CT molecular complexity index is 575. The summed E-state index contributed by atoms with van der Waals surface area (Å²) in [6.07, 6.45) is 0.497. The molecule has 1 aromatic rings. The third-order valence-corrected chi connectivity index (χ3v) is 4.79. The Morgan fingerprint density at radius 1 is 1.29 bits per heavy atom. The lowest BCUT2D eigenvalue weighted by Crippen LogP contribution is -2.42. The van der Waals surface area contributed by atoms with Gasteiger partial charge in [-0.15, -0.1) is 0 Å². The van der Waals surface area contributed by atoms with Gasteiger partial charge in [0.2, 0.25) is 5.91 Å². The zero-order valence-corrected chi connectivity index (χ0v) is 14.3. The number of rotatable bonds is 6. The molecule has 2 fully saturated rings. The first-order valence-corrected chi connectivity index (χ1v) is 8.68. The van der Waals surface area contributed by atoms with Gasteiger partial charge in [-0.2, -0.15) is 0 Å². The summed E-state index contributed by atoms with van der Waals surface area (Å²) < 4.78 is 19.1. The van der Waals surface area contributed by atoms with Crippen LogP contribution in [0.3, 0.4) is 0 Å². The minimum atomic E-state index is -0.193. The predicted octanol–water partition coefficient (Wildman–Crippen LogP) is 1.16. The Morgan fingerprint density at radius 3 is 2.88 bits per heavy atom. The average molecular weight is 335 g/mol. The number of nitrogens with zero attached hydrogens (tertiary/aromatic N) is 2. The molecule has 0 aliphatic carbocycles. The van der Waals surface area contributed by atoms with Crippen molar-refractivity contribution in [2.45, 2.75) is 25.9 Å². The molecule has 2 saturated heterocycles. The molecular weight excluding hydrogens is 309 g/mol. The van der Waals surface area contributed by atoms with E-state index in [-0.39, 0.29) is 17.8 Å². The van der Waals surface area contributed by atoms with Crippen molar-refractivity contribution in [2.24, 2.45) is 0 Å². The van der Waals surface area contributed by atoms with Crippen molar-refractivity contribution in [1.29, 1.82) is 0 Å². The quantitative estimate of drug-likeness (QED) is 0.847. The molecule has 2 heterocycles. The Labute approximate surface area is 142 Å². The van der Waals surface area contributed by atoms with E-state index in [0.29, 0.717) is 25.1 Å². The summed E-state index contributed by atoms with van der Waals surface area (Å²) in [5, 5.41) is 3.33. The lowest BCUT2D eigenvalue weighted by atomic mass is 10.1. The molecule has 1 aromatic carbocycles. The second-order valence-electron chi connectivity index (χ2n) is 6.67. The zero-order valence-electron chi connectivity index (χ0n) is 14.3. The molecule has 0 spiro atoms. The van der Waals surface area contributed by atoms with Gasteiger partial charge in [0, 0.05) is 57.3 Å². The number of carbonyl (C=O) groups excluding carboxylic acids is 1. The van der Waals surface area contributed by atoms with E-state index in [1.165, 1.54) is 6.07 Å². The largest absolute Gasteiger partial charge is 0.379 e. The van der Waals surface area contributed by atoms with Crippen LogP contribution in [0.1, 0.15) is 17.5 Å². The number of aryl methyl sites for hydroxylation is 1. The van der Waals surface area contributed by atoms with Crippen molar-refractivity contribution >= 4 is 5.91 Å². The Kier molecular flexibility index (Phi) is 5.81. The second kappa shape index (κ2) is 8.05. The topological polar surface area (TPSA) is 44.8 Å². The van der Waals surface area contributed by atoms with E-state index in [2.05, 4.69) is 10.2 Å². The highest BCUT2D eigenvalue weighted by Gasteiger charge is 2.29. The van der Waals surface area contributed by atoms with Crippen molar-refractivity contribution in [3.8, 4) is 0 Å². The van der Waals surface area contributed by atoms with Gasteiger partial charge in [-0.25, -0.2) is 4.39 Å². The fraction of sp³-hybridized carbons (Fsp3) is 0.611. The molecule has 6 heteroatoms. The van der Waals surface area contributed by atoms with Crippen LogP contribution < -0.4 is 5.32 Å². The number of hydrogen-bond acceptors (Lipinski definition) is 4. The summed E-state index contributed by atoms with van der Waals surface area (Å²) in [5.41, 5.74) is 1.71. The van der Waals surface area contributed by atoms with Gasteiger partial charge in [-0.3, -0.25) is 9.69 Å². The first kappa shape index (κ1) is 17.3. The number of halogens is 1. The van der Waals surface area contributed by atoms with E-state index in [0.717, 1.165) is 45.0 Å². The summed E-state index contributed by atoms with van der Waals surface area (Å²) in [5.74, 6) is -0.00734. The van der Waals surface area contributed by atoms with Crippen molar-refractivity contribution in [2.75, 3.05) is 45.9 Å². The maximum Gasteiger partial charge on any atom is 0.224 e. The van der Waals surface area contributed by atoms with Crippen LogP contribution in [-0.4, -0.2) is 67.7 Å². The first-order valence-electron chi connectivity index (χ1n) is 8.68. The molecule has 0 unspecified atom stereocenters. The predicted molar refractivity (Wildman–Crippen MR) is 90.2 cm³/mol. The highest BCUT2D eigenvalue weighted by Crippen LogP contribution is 2.14. The maximum absolute atomic E-state index is 13.8. The molecule has 24 heavy (non-hydrogen) atoms. The number of nitrogens with one attached hydrogen (secondary N) is 1. The molecule has 5 nitrogen and oxygen atoms in total. The van der Waals surface area contributed by atoms with Crippen molar-refractivity contribution in [3.63, 3.8) is 0 Å². The number of benzene rings is 1. The van der Waals surface area contributed by atoms with Crippen LogP contribution in [0.25, 0.3) is 0 Å². The average Bonchev–Trinajstić information content (AvgIpc) is 2.95. The van der Waals surface area contributed by atoms with Gasteiger partial charge in [0.1, 0.15) is 5.82 Å². The lowest BCUT2D eigenvalue weighted by Gasteiger charge is -2.28. The van der Waals surface area contributed by atoms with E-state index < -0.39 is 0 Å². The van der Waals surface area contributed by atoms with Gasteiger partial charge in [0.25, 0.3) is 0 Å². The molecule has 2 aliphatic heterocycles. The van der Waals surface area contributed by atoms with E-state index >= 15 is 0 Å². The summed E-state index contributed by atoms with van der Waals surface area (Å²) >= 11 is 0. The second-order valence-corrected chi connectivity index (χ2v) is 6.67.